The average molecular weight is 422 g/mol. The molecule has 0 aliphatic carbocycles. The van der Waals surface area contributed by atoms with Gasteiger partial charge in [-0.25, -0.2) is 18.7 Å². The number of fused-ring (bicyclic) bond motifs is 8. The largest absolute Gasteiger partial charge is 0.355 e. The fraction of sp³-hybridized carbons (Fsp3) is 0. The molecule has 5 heterocycles. The molecule has 0 spiro atoms. The molecule has 0 amide bonds. The van der Waals surface area contributed by atoms with Crippen molar-refractivity contribution in [3.8, 4) is 0 Å². The van der Waals surface area contributed by atoms with E-state index >= 15 is 0 Å². The second kappa shape index (κ2) is 7.13. The molecule has 4 nitrogen and oxygen atoms in total. The number of aromatic nitrogens is 4. The molecule has 8 bridgehead atoms. The van der Waals surface area contributed by atoms with E-state index in [4.69, 9.17) is 4.98 Å². The number of rotatable bonds is 1. The van der Waals surface area contributed by atoms with E-state index in [-0.39, 0.29) is 0 Å². The van der Waals surface area contributed by atoms with Crippen molar-refractivity contribution in [2.75, 3.05) is 0 Å². The Bertz CT molecular complexity index is 1610. The van der Waals surface area contributed by atoms with Crippen LogP contribution in [-0.2, 0) is 0 Å². The summed E-state index contributed by atoms with van der Waals surface area (Å²) in [5, 5.41) is 0. The van der Waals surface area contributed by atoms with Crippen LogP contribution in [0.2, 0.25) is 0 Å². The van der Waals surface area contributed by atoms with Crippen LogP contribution in [0.5, 0.6) is 0 Å². The Labute approximate surface area is 181 Å². The lowest BCUT2D eigenvalue weighted by molar-refractivity contribution is 0.581. The molecule has 0 atom stereocenters. The van der Waals surface area contributed by atoms with Gasteiger partial charge in [0.15, 0.2) is 0 Å². The number of nitrogens with one attached hydrogen (secondary N) is 2. The molecule has 6 rings (SSSR count). The third kappa shape index (κ3) is 3.41. The summed E-state index contributed by atoms with van der Waals surface area (Å²) in [4.78, 5) is 16.0. The molecule has 3 aromatic heterocycles. The lowest BCUT2D eigenvalue weighted by Gasteiger charge is -2.04. The molecular weight excluding hydrogens is 406 g/mol. The minimum Gasteiger partial charge on any atom is -0.355 e. The lowest BCUT2D eigenvalue weighted by atomic mass is 10.0. The summed E-state index contributed by atoms with van der Waals surface area (Å²) in [7, 11) is 0. The van der Waals surface area contributed by atoms with Gasteiger partial charge in [0, 0.05) is 39.3 Å². The van der Waals surface area contributed by atoms with E-state index in [1.807, 2.05) is 60.7 Å². The first-order valence-corrected chi connectivity index (χ1v) is 10.1. The summed E-state index contributed by atoms with van der Waals surface area (Å²) >= 11 is 0. The first-order chi connectivity index (χ1) is 15.6. The third-order valence-corrected chi connectivity index (χ3v) is 5.39. The molecule has 2 N–H and O–H groups in total. The molecule has 0 fully saturated rings. The molecule has 4 aromatic rings. The Morgan fingerprint density at radius 3 is 1.91 bits per heavy atom. The average Bonchev–Trinajstić information content (AvgIpc) is 3.53. The van der Waals surface area contributed by atoms with E-state index in [9.17, 15) is 8.78 Å². The quantitative estimate of drug-likeness (QED) is 0.324. The Morgan fingerprint density at radius 1 is 0.594 bits per heavy atom. The minimum absolute atomic E-state index is 0.292. The van der Waals surface area contributed by atoms with E-state index in [2.05, 4.69) is 15.0 Å². The molecule has 154 valence electrons. The number of aromatic amines is 2. The number of halogens is 2. The second-order valence-electron chi connectivity index (χ2n) is 7.71. The van der Waals surface area contributed by atoms with E-state index in [1.165, 1.54) is 12.1 Å². The molecule has 2 aliphatic rings. The van der Waals surface area contributed by atoms with Crippen LogP contribution in [0.3, 0.4) is 0 Å². The standard InChI is InChI=1S/C26H16F2N4/c27-15-1-8-23(25(28)9-15)24-13-22-12-20-5-4-18(30-20)10-16-2-3-17(29-16)11-19-6-7-21(31-19)14-26(24)32-22/h1-14,29-30H. The molecule has 0 radical (unpaired) electrons. The summed E-state index contributed by atoms with van der Waals surface area (Å²) in [5.74, 6) is -1.25. The van der Waals surface area contributed by atoms with Gasteiger partial charge in [0.05, 0.1) is 22.8 Å². The molecule has 0 saturated heterocycles. The van der Waals surface area contributed by atoms with Gasteiger partial charge < -0.3 is 9.97 Å². The van der Waals surface area contributed by atoms with Gasteiger partial charge in [-0.15, -0.1) is 0 Å². The van der Waals surface area contributed by atoms with Crippen LogP contribution < -0.4 is 0 Å². The Kier molecular flexibility index (Phi) is 4.11. The number of hydrogen-bond acceptors (Lipinski definition) is 2. The molecule has 6 heteroatoms. The summed E-state index contributed by atoms with van der Waals surface area (Å²) in [6.07, 6.45) is 5.61. The fourth-order valence-corrected chi connectivity index (χ4v) is 3.94. The topological polar surface area (TPSA) is 57.4 Å². The maximum Gasteiger partial charge on any atom is 0.134 e. The number of nitrogens with zero attached hydrogens (tertiary/aromatic N) is 2. The first kappa shape index (κ1) is 18.4. The molecular formula is C26H16F2N4. The van der Waals surface area contributed by atoms with Crippen molar-refractivity contribution in [3.05, 3.63) is 107 Å². The van der Waals surface area contributed by atoms with Crippen molar-refractivity contribution < 1.29 is 8.78 Å². The van der Waals surface area contributed by atoms with Crippen LogP contribution in [0.4, 0.5) is 8.78 Å². The summed E-state index contributed by atoms with van der Waals surface area (Å²) in [5.41, 5.74) is 7.32. The first-order valence-electron chi connectivity index (χ1n) is 10.1. The van der Waals surface area contributed by atoms with Crippen LogP contribution in [0, 0.1) is 11.6 Å². The lowest BCUT2D eigenvalue weighted by Crippen LogP contribution is -1.92. The van der Waals surface area contributed by atoms with Crippen LogP contribution in [0.1, 0.15) is 28.3 Å². The van der Waals surface area contributed by atoms with Crippen LogP contribution in [0.25, 0.3) is 45.9 Å². The zero-order chi connectivity index (χ0) is 21.7. The number of hydrogen-bond donors (Lipinski definition) is 2. The van der Waals surface area contributed by atoms with Crippen LogP contribution >= 0.6 is 0 Å². The van der Waals surface area contributed by atoms with Crippen molar-refractivity contribution in [1.29, 1.82) is 0 Å². The maximum absolute atomic E-state index is 14.6. The van der Waals surface area contributed by atoms with Gasteiger partial charge in [-0.1, -0.05) is 0 Å². The fourth-order valence-electron chi connectivity index (χ4n) is 3.94. The van der Waals surface area contributed by atoms with Gasteiger partial charge in [0.1, 0.15) is 11.6 Å². The van der Waals surface area contributed by atoms with Crippen LogP contribution in [0.15, 0.2) is 66.7 Å². The smallest absolute Gasteiger partial charge is 0.134 e. The van der Waals surface area contributed by atoms with E-state index < -0.39 is 11.6 Å². The van der Waals surface area contributed by atoms with Crippen molar-refractivity contribution in [3.63, 3.8) is 0 Å². The molecule has 32 heavy (non-hydrogen) atoms. The highest BCUT2D eigenvalue weighted by molar-refractivity contribution is 5.93. The van der Waals surface area contributed by atoms with Crippen molar-refractivity contribution in [2.45, 2.75) is 0 Å². The summed E-state index contributed by atoms with van der Waals surface area (Å²) in [6, 6.07) is 19.2. The van der Waals surface area contributed by atoms with Gasteiger partial charge in [0.2, 0.25) is 0 Å². The van der Waals surface area contributed by atoms with Gasteiger partial charge >= 0.3 is 0 Å². The van der Waals surface area contributed by atoms with Crippen molar-refractivity contribution >= 4 is 45.9 Å². The highest BCUT2D eigenvalue weighted by atomic mass is 19.1. The zero-order valence-corrected chi connectivity index (χ0v) is 16.7. The van der Waals surface area contributed by atoms with Crippen LogP contribution in [-0.4, -0.2) is 19.9 Å². The maximum atomic E-state index is 14.6. The number of benzene rings is 1. The summed E-state index contributed by atoms with van der Waals surface area (Å²) < 4.78 is 28.1. The third-order valence-electron chi connectivity index (χ3n) is 5.39. The molecule has 2 aliphatic heterocycles. The monoisotopic (exact) mass is 422 g/mol. The van der Waals surface area contributed by atoms with Crippen molar-refractivity contribution in [1.82, 2.24) is 19.9 Å². The van der Waals surface area contributed by atoms with Gasteiger partial charge in [-0.3, -0.25) is 0 Å². The Hall–Kier alpha value is -4.32. The predicted molar refractivity (Wildman–Crippen MR) is 123 cm³/mol. The zero-order valence-electron chi connectivity index (χ0n) is 16.7. The molecule has 0 unspecified atom stereocenters. The van der Waals surface area contributed by atoms with Gasteiger partial charge in [0.25, 0.3) is 0 Å². The van der Waals surface area contributed by atoms with E-state index in [0.717, 1.165) is 33.8 Å². The molecule has 0 saturated carbocycles. The molecule has 1 aromatic carbocycles. The second-order valence-corrected chi connectivity index (χ2v) is 7.71. The minimum atomic E-state index is -0.631. The summed E-state index contributed by atoms with van der Waals surface area (Å²) in [6.45, 7) is 0. The highest BCUT2D eigenvalue weighted by Gasteiger charge is 2.17. The van der Waals surface area contributed by atoms with E-state index in [0.29, 0.717) is 28.2 Å². The van der Waals surface area contributed by atoms with E-state index in [1.54, 1.807) is 6.08 Å². The Morgan fingerprint density at radius 2 is 1.22 bits per heavy atom. The SMILES string of the molecule is Fc1ccc(C2=Cc3cc4ccc(cc5ccc(cc6nc(cc2n3)C=C6)[nH]5)[nH]4)c(F)c1. The highest BCUT2D eigenvalue weighted by Crippen LogP contribution is 2.31. The van der Waals surface area contributed by atoms with Crippen molar-refractivity contribution in [2.24, 2.45) is 0 Å². The van der Waals surface area contributed by atoms with Gasteiger partial charge in [-0.2, -0.15) is 0 Å². The van der Waals surface area contributed by atoms with Gasteiger partial charge in [-0.05, 0) is 78.9 Å². The predicted octanol–water partition coefficient (Wildman–Crippen LogP) is 6.35. The Balaban J connectivity index is 1.64. The number of H-pyrrole nitrogens is 2. The normalized spacial score (nSPS) is 12.8.